The fraction of sp³-hybridized carbons (Fsp3) is 0.273. The normalized spacial score (nSPS) is 11.8. The van der Waals surface area contributed by atoms with Gasteiger partial charge in [-0.2, -0.15) is 0 Å². The van der Waals surface area contributed by atoms with Gasteiger partial charge >= 0.3 is 0 Å². The van der Waals surface area contributed by atoms with Gasteiger partial charge in [-0.3, -0.25) is 0 Å². The van der Waals surface area contributed by atoms with Gasteiger partial charge in [-0.25, -0.2) is 13.2 Å². The van der Waals surface area contributed by atoms with Crippen molar-refractivity contribution in [1.29, 1.82) is 0 Å². The maximum atomic E-state index is 13.3. The van der Waals surface area contributed by atoms with Crippen LogP contribution < -0.4 is 5.73 Å². The molecule has 0 aliphatic rings. The number of benzene rings is 1. The van der Waals surface area contributed by atoms with Crippen molar-refractivity contribution in [2.75, 3.05) is 0 Å². The number of aromatic hydroxyl groups is 1. The summed E-state index contributed by atoms with van der Waals surface area (Å²) in [6.45, 7) is 5.23. The Kier molecular flexibility index (Phi) is 5.51. The molecule has 0 bridgehead atoms. The average molecular weight is 268 g/mol. The Labute approximate surface area is 103 Å². The second-order valence-corrected chi connectivity index (χ2v) is 3.69. The van der Waals surface area contributed by atoms with Gasteiger partial charge in [0.25, 0.3) is 0 Å². The molecule has 0 saturated carbocycles. The van der Waals surface area contributed by atoms with Crippen LogP contribution in [0.5, 0.6) is 5.75 Å². The number of phenols is 1. The fourth-order valence-corrected chi connectivity index (χ4v) is 1.43. The quantitative estimate of drug-likeness (QED) is 0.653. The molecule has 0 saturated heterocycles. The molecule has 17 heavy (non-hydrogen) atoms. The number of hydrogen-bond acceptors (Lipinski definition) is 2. The molecule has 0 fully saturated rings. The van der Waals surface area contributed by atoms with Crippen LogP contribution in [0.3, 0.4) is 0 Å². The fourth-order valence-electron chi connectivity index (χ4n) is 1.43. The molecule has 0 heterocycles. The molecular formula is C11H13ClF3NO. The van der Waals surface area contributed by atoms with Crippen LogP contribution in [0.2, 0.25) is 0 Å². The third kappa shape index (κ3) is 3.38. The van der Waals surface area contributed by atoms with Gasteiger partial charge in [-0.1, -0.05) is 5.57 Å². The lowest BCUT2D eigenvalue weighted by molar-refractivity contribution is 0.400. The number of rotatable bonds is 3. The first-order valence-electron chi connectivity index (χ1n) is 4.61. The molecule has 0 aromatic heterocycles. The Hall–Kier alpha value is -1.20. The third-order valence-corrected chi connectivity index (χ3v) is 2.12. The van der Waals surface area contributed by atoms with Gasteiger partial charge in [-0.05, 0) is 13.3 Å². The zero-order valence-corrected chi connectivity index (χ0v) is 9.95. The smallest absolute Gasteiger partial charge is 0.195 e. The topological polar surface area (TPSA) is 46.2 Å². The molecular weight excluding hydrogens is 255 g/mol. The Balaban J connectivity index is 0.00000256. The molecule has 1 aromatic rings. The summed E-state index contributed by atoms with van der Waals surface area (Å²) in [7, 11) is 0. The van der Waals surface area contributed by atoms with E-state index in [9.17, 15) is 18.3 Å². The number of nitrogens with two attached hydrogens (primary N) is 1. The standard InChI is InChI=1S/C11H12F3NO.ClH/c1-5(2)3-7(15)9-8(16)4-6(12)10(13)11(9)14;/h4,7,16H,1,3,15H2,2H3;1H/t7-;/m1./s1. The van der Waals surface area contributed by atoms with Crippen LogP contribution in [0.4, 0.5) is 13.2 Å². The van der Waals surface area contributed by atoms with Crippen LogP contribution >= 0.6 is 12.4 Å². The van der Waals surface area contributed by atoms with E-state index in [-0.39, 0.29) is 18.8 Å². The molecule has 2 nitrogen and oxygen atoms in total. The first-order valence-corrected chi connectivity index (χ1v) is 4.61. The molecule has 1 aromatic carbocycles. The van der Waals surface area contributed by atoms with Gasteiger partial charge in [0, 0.05) is 17.7 Å². The second-order valence-electron chi connectivity index (χ2n) is 3.69. The molecule has 0 amide bonds. The Morgan fingerprint density at radius 2 is 1.94 bits per heavy atom. The lowest BCUT2D eigenvalue weighted by Crippen LogP contribution is -2.14. The summed E-state index contributed by atoms with van der Waals surface area (Å²) < 4.78 is 39.0. The maximum absolute atomic E-state index is 13.3. The van der Waals surface area contributed by atoms with E-state index in [2.05, 4.69) is 6.58 Å². The summed E-state index contributed by atoms with van der Waals surface area (Å²) in [5, 5.41) is 9.32. The third-order valence-electron chi connectivity index (χ3n) is 2.12. The highest BCUT2D eigenvalue weighted by Crippen LogP contribution is 2.31. The number of hydrogen-bond donors (Lipinski definition) is 2. The van der Waals surface area contributed by atoms with Crippen LogP contribution in [0.1, 0.15) is 24.9 Å². The molecule has 0 spiro atoms. The lowest BCUT2D eigenvalue weighted by atomic mass is 9.99. The van der Waals surface area contributed by atoms with E-state index in [0.717, 1.165) is 0 Å². The highest BCUT2D eigenvalue weighted by Gasteiger charge is 2.22. The molecule has 1 rings (SSSR count). The van der Waals surface area contributed by atoms with Gasteiger partial charge in [0.1, 0.15) is 5.75 Å². The molecule has 0 unspecified atom stereocenters. The summed E-state index contributed by atoms with van der Waals surface area (Å²) in [6, 6.07) is -0.445. The summed E-state index contributed by atoms with van der Waals surface area (Å²) in [5.41, 5.74) is 5.79. The lowest BCUT2D eigenvalue weighted by Gasteiger charge is -2.15. The van der Waals surface area contributed by atoms with Crippen molar-refractivity contribution in [3.05, 3.63) is 41.2 Å². The monoisotopic (exact) mass is 267 g/mol. The molecule has 1 atom stereocenters. The van der Waals surface area contributed by atoms with E-state index in [1.165, 1.54) is 0 Å². The number of phenolic OH excluding ortho intramolecular Hbond substituents is 1. The van der Waals surface area contributed by atoms with Crippen LogP contribution in [-0.2, 0) is 0 Å². The van der Waals surface area contributed by atoms with Crippen molar-refractivity contribution < 1.29 is 18.3 Å². The Morgan fingerprint density at radius 3 is 2.41 bits per heavy atom. The van der Waals surface area contributed by atoms with Crippen LogP contribution in [0, 0.1) is 17.5 Å². The predicted octanol–water partition coefficient (Wildman–Crippen LogP) is 3.20. The minimum absolute atomic E-state index is 0. The van der Waals surface area contributed by atoms with E-state index in [1.54, 1.807) is 6.92 Å². The summed E-state index contributed by atoms with van der Waals surface area (Å²) in [4.78, 5) is 0. The van der Waals surface area contributed by atoms with Crippen molar-refractivity contribution in [2.45, 2.75) is 19.4 Å². The predicted molar refractivity (Wildman–Crippen MR) is 61.6 cm³/mol. The maximum Gasteiger partial charge on any atom is 0.195 e. The van der Waals surface area contributed by atoms with Gasteiger partial charge in [0.15, 0.2) is 17.5 Å². The first kappa shape index (κ1) is 15.8. The van der Waals surface area contributed by atoms with Crippen molar-refractivity contribution >= 4 is 12.4 Å². The van der Waals surface area contributed by atoms with Gasteiger partial charge in [0.05, 0.1) is 0 Å². The zero-order chi connectivity index (χ0) is 12.5. The SMILES string of the molecule is C=C(C)C[C@@H](N)c1c(O)cc(F)c(F)c1F.Cl. The largest absolute Gasteiger partial charge is 0.507 e. The average Bonchev–Trinajstić information content (AvgIpc) is 2.13. The van der Waals surface area contributed by atoms with Gasteiger partial charge < -0.3 is 10.8 Å². The van der Waals surface area contributed by atoms with Gasteiger partial charge in [-0.15, -0.1) is 19.0 Å². The van der Waals surface area contributed by atoms with Crippen LogP contribution in [0.15, 0.2) is 18.2 Å². The summed E-state index contributed by atoms with van der Waals surface area (Å²) >= 11 is 0. The zero-order valence-electron chi connectivity index (χ0n) is 9.14. The van der Waals surface area contributed by atoms with E-state index in [4.69, 9.17) is 5.73 Å². The van der Waals surface area contributed by atoms with Crippen molar-refractivity contribution in [2.24, 2.45) is 5.73 Å². The molecule has 96 valence electrons. The van der Waals surface area contributed by atoms with Crippen molar-refractivity contribution in [1.82, 2.24) is 0 Å². The van der Waals surface area contributed by atoms with Crippen molar-refractivity contribution in [3.63, 3.8) is 0 Å². The van der Waals surface area contributed by atoms with E-state index in [0.29, 0.717) is 11.6 Å². The van der Waals surface area contributed by atoms with E-state index in [1.807, 2.05) is 0 Å². The number of halogens is 4. The molecule has 6 heteroatoms. The first-order chi connectivity index (χ1) is 7.34. The summed E-state index contributed by atoms with van der Waals surface area (Å²) in [6.07, 6.45) is 0.176. The van der Waals surface area contributed by atoms with E-state index >= 15 is 0 Å². The van der Waals surface area contributed by atoms with Crippen LogP contribution in [-0.4, -0.2) is 5.11 Å². The summed E-state index contributed by atoms with van der Waals surface area (Å²) in [5.74, 6) is -5.22. The van der Waals surface area contributed by atoms with Crippen LogP contribution in [0.25, 0.3) is 0 Å². The molecule has 0 aliphatic carbocycles. The highest BCUT2D eigenvalue weighted by atomic mass is 35.5. The second kappa shape index (κ2) is 5.93. The Bertz CT molecular complexity index is 437. The van der Waals surface area contributed by atoms with E-state index < -0.39 is 34.8 Å². The minimum Gasteiger partial charge on any atom is -0.507 e. The molecule has 0 aliphatic heterocycles. The Morgan fingerprint density at radius 1 is 1.41 bits per heavy atom. The molecule has 3 N–H and O–H groups in total. The van der Waals surface area contributed by atoms with Gasteiger partial charge in [0.2, 0.25) is 0 Å². The minimum atomic E-state index is -1.63. The highest BCUT2D eigenvalue weighted by molar-refractivity contribution is 5.85. The molecule has 0 radical (unpaired) electrons. The van der Waals surface area contributed by atoms with Crippen molar-refractivity contribution in [3.8, 4) is 5.75 Å².